The zero-order chi connectivity index (χ0) is 18.5. The largest absolute Gasteiger partial charge is 0.469 e. The maximum Gasteiger partial charge on any atom is 0.344 e. The summed E-state index contributed by atoms with van der Waals surface area (Å²) < 4.78 is 49.1. The van der Waals surface area contributed by atoms with E-state index in [0.717, 1.165) is 7.11 Å². The number of methoxy groups -OCH3 is 1. The van der Waals surface area contributed by atoms with Gasteiger partial charge < -0.3 is 18.9 Å². The number of carbonyl (C=O) groups excluding carboxylic acids is 3. The predicted octanol–water partition coefficient (Wildman–Crippen LogP) is -1.32. The summed E-state index contributed by atoms with van der Waals surface area (Å²) in [4.78, 5) is 35.1. The van der Waals surface area contributed by atoms with E-state index >= 15 is 0 Å². The lowest BCUT2D eigenvalue weighted by atomic mass is 9.85. The second-order valence-corrected chi connectivity index (χ2v) is 7.67. The van der Waals surface area contributed by atoms with Crippen LogP contribution in [0.4, 0.5) is 0 Å². The Kier molecular flexibility index (Phi) is 4.33. The van der Waals surface area contributed by atoms with Gasteiger partial charge in [-0.05, 0) is 6.92 Å². The van der Waals surface area contributed by atoms with E-state index < -0.39 is 70.2 Å². The van der Waals surface area contributed by atoms with Crippen LogP contribution in [0.25, 0.3) is 0 Å². The highest BCUT2D eigenvalue weighted by Crippen LogP contribution is 2.51. The van der Waals surface area contributed by atoms with E-state index in [9.17, 15) is 22.8 Å². The van der Waals surface area contributed by atoms with Crippen molar-refractivity contribution in [1.29, 1.82) is 0 Å². The summed E-state index contributed by atoms with van der Waals surface area (Å²) in [5, 5.41) is -1.19. The maximum absolute atomic E-state index is 12.1. The summed E-state index contributed by atoms with van der Waals surface area (Å²) in [7, 11) is -2.94. The molecule has 25 heavy (non-hydrogen) atoms. The number of ether oxygens (including phenoxy) is 4. The first-order valence-electron chi connectivity index (χ1n) is 7.35. The average molecular weight is 376 g/mol. The van der Waals surface area contributed by atoms with Gasteiger partial charge in [-0.15, -0.1) is 0 Å². The minimum Gasteiger partial charge on any atom is -0.469 e. The van der Waals surface area contributed by atoms with Crippen molar-refractivity contribution >= 4 is 28.0 Å². The lowest BCUT2D eigenvalue weighted by molar-refractivity contribution is -0.168. The van der Waals surface area contributed by atoms with E-state index in [-0.39, 0.29) is 5.57 Å². The van der Waals surface area contributed by atoms with Gasteiger partial charge in [-0.2, -0.15) is 8.42 Å². The third-order valence-corrected chi connectivity index (χ3v) is 6.02. The standard InChI is InChI=1S/C14H16O10S/c1-5(2)13(16)21-4-6(15)22-9-8-7(14(17)20-3)12-11(23-8)10(9)24-25(12,18)19/h7-12H,1,4H2,2-3H3. The molecular formula is C14H16O10S. The molecule has 3 saturated heterocycles. The molecule has 3 fully saturated rings. The highest BCUT2D eigenvalue weighted by molar-refractivity contribution is 7.87. The zero-order valence-electron chi connectivity index (χ0n) is 13.4. The van der Waals surface area contributed by atoms with Gasteiger partial charge in [0.1, 0.15) is 29.5 Å². The Balaban J connectivity index is 1.73. The summed E-state index contributed by atoms with van der Waals surface area (Å²) in [6.07, 6.45) is -4.10. The molecule has 0 N–H and O–H groups in total. The van der Waals surface area contributed by atoms with Gasteiger partial charge in [0.25, 0.3) is 10.1 Å². The minimum atomic E-state index is -4.06. The van der Waals surface area contributed by atoms with E-state index in [1.165, 1.54) is 6.92 Å². The van der Waals surface area contributed by atoms with E-state index in [4.69, 9.17) is 13.7 Å². The molecule has 0 saturated carbocycles. The van der Waals surface area contributed by atoms with Gasteiger partial charge in [0.05, 0.1) is 7.11 Å². The molecule has 0 radical (unpaired) electrons. The van der Waals surface area contributed by atoms with Crippen LogP contribution in [0.1, 0.15) is 6.92 Å². The monoisotopic (exact) mass is 376 g/mol. The average Bonchev–Trinajstić information content (AvgIpc) is 3.14. The molecule has 6 atom stereocenters. The summed E-state index contributed by atoms with van der Waals surface area (Å²) in [6.45, 7) is 4.09. The molecule has 0 aliphatic carbocycles. The van der Waals surface area contributed by atoms with Crippen LogP contribution < -0.4 is 0 Å². The number of hydrogen-bond donors (Lipinski definition) is 0. The smallest absolute Gasteiger partial charge is 0.344 e. The molecule has 11 heteroatoms. The Morgan fingerprint density at radius 3 is 2.44 bits per heavy atom. The van der Waals surface area contributed by atoms with E-state index in [1.54, 1.807) is 0 Å². The topological polar surface area (TPSA) is 132 Å². The lowest BCUT2D eigenvalue weighted by Gasteiger charge is -2.26. The molecule has 0 aromatic heterocycles. The number of fused-ring (bicyclic) bond motifs is 1. The molecule has 3 heterocycles. The SMILES string of the molecule is C=C(C)C(=O)OCC(=O)OC1C2OS(=O)(=O)C3C2OC1C3C(=O)OC. The molecular weight excluding hydrogens is 360 g/mol. The van der Waals surface area contributed by atoms with Gasteiger partial charge in [0, 0.05) is 5.57 Å². The number of esters is 3. The predicted molar refractivity (Wildman–Crippen MR) is 77.4 cm³/mol. The van der Waals surface area contributed by atoms with Crippen molar-refractivity contribution in [2.24, 2.45) is 5.92 Å². The lowest BCUT2D eigenvalue weighted by Crippen LogP contribution is -2.50. The number of carbonyl (C=O) groups is 3. The van der Waals surface area contributed by atoms with Crippen molar-refractivity contribution < 1.29 is 45.9 Å². The van der Waals surface area contributed by atoms with Gasteiger partial charge in [-0.3, -0.25) is 8.98 Å². The van der Waals surface area contributed by atoms with Crippen molar-refractivity contribution in [2.75, 3.05) is 13.7 Å². The Bertz CT molecular complexity index is 741. The normalized spacial score (nSPS) is 36.7. The van der Waals surface area contributed by atoms with Crippen LogP contribution in [0.3, 0.4) is 0 Å². The van der Waals surface area contributed by atoms with Gasteiger partial charge >= 0.3 is 17.9 Å². The second-order valence-electron chi connectivity index (χ2n) is 5.94. The van der Waals surface area contributed by atoms with E-state index in [0.29, 0.717) is 0 Å². The van der Waals surface area contributed by atoms with Crippen molar-refractivity contribution in [3.8, 4) is 0 Å². The molecule has 0 aromatic rings. The zero-order valence-corrected chi connectivity index (χ0v) is 14.2. The Morgan fingerprint density at radius 2 is 1.84 bits per heavy atom. The summed E-state index contributed by atoms with van der Waals surface area (Å²) in [5.74, 6) is -3.65. The van der Waals surface area contributed by atoms with Crippen LogP contribution >= 0.6 is 0 Å². The molecule has 3 aliphatic rings. The van der Waals surface area contributed by atoms with Crippen LogP contribution in [0, 0.1) is 5.92 Å². The van der Waals surface area contributed by atoms with Crippen molar-refractivity contribution in [2.45, 2.75) is 36.6 Å². The first-order chi connectivity index (χ1) is 11.7. The Labute approximate surface area is 143 Å². The highest BCUT2D eigenvalue weighted by atomic mass is 32.2. The highest BCUT2D eigenvalue weighted by Gasteiger charge is 2.73. The maximum atomic E-state index is 12.1. The van der Waals surface area contributed by atoms with Gasteiger partial charge in [-0.1, -0.05) is 6.58 Å². The van der Waals surface area contributed by atoms with Crippen molar-refractivity contribution in [1.82, 2.24) is 0 Å². The molecule has 3 rings (SSSR count). The molecule has 6 unspecified atom stereocenters. The summed E-state index contributed by atoms with van der Waals surface area (Å²) >= 11 is 0. The first kappa shape index (κ1) is 17.8. The third kappa shape index (κ3) is 2.81. The second kappa shape index (κ2) is 6.07. The van der Waals surface area contributed by atoms with E-state index in [2.05, 4.69) is 16.1 Å². The van der Waals surface area contributed by atoms with E-state index in [1.807, 2.05) is 0 Å². The number of rotatable bonds is 5. The quantitative estimate of drug-likeness (QED) is 0.246. The van der Waals surface area contributed by atoms with Crippen LogP contribution in [0.5, 0.6) is 0 Å². The van der Waals surface area contributed by atoms with Crippen molar-refractivity contribution in [3.63, 3.8) is 0 Å². The summed E-state index contributed by atoms with van der Waals surface area (Å²) in [5.41, 5.74) is 0.106. The molecule has 138 valence electrons. The molecule has 3 aliphatic heterocycles. The van der Waals surface area contributed by atoms with Crippen LogP contribution in [-0.2, 0) is 47.6 Å². The van der Waals surface area contributed by atoms with Crippen LogP contribution in [0.2, 0.25) is 0 Å². The van der Waals surface area contributed by atoms with Crippen molar-refractivity contribution in [3.05, 3.63) is 12.2 Å². The summed E-state index contributed by atoms with van der Waals surface area (Å²) in [6, 6.07) is 0. The Morgan fingerprint density at radius 1 is 1.16 bits per heavy atom. The van der Waals surface area contributed by atoms with Crippen LogP contribution in [-0.4, -0.2) is 69.7 Å². The number of hydrogen-bond acceptors (Lipinski definition) is 10. The Hall–Kier alpha value is -1.98. The molecule has 0 spiro atoms. The fourth-order valence-corrected chi connectivity index (χ4v) is 5.13. The van der Waals surface area contributed by atoms with Gasteiger partial charge in [0.2, 0.25) is 0 Å². The minimum absolute atomic E-state index is 0.106. The fourth-order valence-electron chi connectivity index (χ4n) is 3.30. The molecule has 2 bridgehead atoms. The first-order valence-corrected chi connectivity index (χ1v) is 8.82. The van der Waals surface area contributed by atoms with Gasteiger partial charge in [0.15, 0.2) is 12.7 Å². The third-order valence-electron chi connectivity index (χ3n) is 4.31. The fraction of sp³-hybridized carbons (Fsp3) is 0.643. The molecule has 0 aromatic carbocycles. The van der Waals surface area contributed by atoms with Crippen LogP contribution in [0.15, 0.2) is 12.2 Å². The molecule has 10 nitrogen and oxygen atoms in total. The molecule has 0 amide bonds. The van der Waals surface area contributed by atoms with Gasteiger partial charge in [-0.25, -0.2) is 9.59 Å².